The molecule has 0 saturated carbocycles. The SMILES string of the molecule is CCOc1ccc(I)c([C](C)C)c1. The van der Waals surface area contributed by atoms with E-state index in [1.807, 2.05) is 13.0 Å². The average Bonchev–Trinajstić information content (AvgIpc) is 2.08. The van der Waals surface area contributed by atoms with Crippen LogP contribution in [0.1, 0.15) is 26.3 Å². The van der Waals surface area contributed by atoms with E-state index in [1.165, 1.54) is 15.1 Å². The quantitative estimate of drug-likeness (QED) is 0.772. The summed E-state index contributed by atoms with van der Waals surface area (Å²) in [6, 6.07) is 6.20. The van der Waals surface area contributed by atoms with Crippen LogP contribution in [0.25, 0.3) is 0 Å². The van der Waals surface area contributed by atoms with Crippen LogP contribution >= 0.6 is 22.6 Å². The van der Waals surface area contributed by atoms with Gasteiger partial charge in [0.1, 0.15) is 5.75 Å². The molecule has 0 N–H and O–H groups in total. The van der Waals surface area contributed by atoms with Gasteiger partial charge in [-0.2, -0.15) is 0 Å². The summed E-state index contributed by atoms with van der Waals surface area (Å²) >= 11 is 2.34. The van der Waals surface area contributed by atoms with Gasteiger partial charge < -0.3 is 4.74 Å². The molecule has 0 unspecified atom stereocenters. The minimum Gasteiger partial charge on any atom is -0.494 e. The van der Waals surface area contributed by atoms with E-state index in [4.69, 9.17) is 4.74 Å². The van der Waals surface area contributed by atoms with Crippen molar-refractivity contribution in [2.45, 2.75) is 20.8 Å². The zero-order valence-corrected chi connectivity index (χ0v) is 10.4. The normalized spacial score (nSPS) is 10.5. The number of ether oxygens (including phenoxy) is 1. The Morgan fingerprint density at radius 2 is 2.08 bits per heavy atom. The Bertz CT molecular complexity index is 281. The largest absolute Gasteiger partial charge is 0.494 e. The fourth-order valence-electron chi connectivity index (χ4n) is 1.14. The zero-order chi connectivity index (χ0) is 9.84. The Morgan fingerprint density at radius 3 is 2.62 bits per heavy atom. The molecule has 0 amide bonds. The highest BCUT2D eigenvalue weighted by Gasteiger charge is 2.06. The van der Waals surface area contributed by atoms with Crippen LogP contribution < -0.4 is 4.74 Å². The second kappa shape index (κ2) is 4.84. The zero-order valence-electron chi connectivity index (χ0n) is 8.23. The van der Waals surface area contributed by atoms with Gasteiger partial charge in [0.15, 0.2) is 0 Å². The lowest BCUT2D eigenvalue weighted by atomic mass is 10.0. The van der Waals surface area contributed by atoms with Crippen LogP contribution in [0.5, 0.6) is 5.75 Å². The molecule has 1 rings (SSSR count). The van der Waals surface area contributed by atoms with Crippen LogP contribution in [0.2, 0.25) is 0 Å². The van der Waals surface area contributed by atoms with E-state index in [9.17, 15) is 0 Å². The van der Waals surface area contributed by atoms with Crippen LogP contribution in [-0.2, 0) is 0 Å². The third-order valence-electron chi connectivity index (χ3n) is 1.79. The van der Waals surface area contributed by atoms with Crippen LogP contribution in [0.15, 0.2) is 18.2 Å². The Labute approximate surface area is 93.6 Å². The number of benzene rings is 1. The molecule has 1 radical (unpaired) electrons. The first-order valence-electron chi connectivity index (χ1n) is 4.38. The molecule has 0 fully saturated rings. The van der Waals surface area contributed by atoms with Gasteiger partial charge in [0, 0.05) is 9.49 Å². The lowest BCUT2D eigenvalue weighted by Crippen LogP contribution is -1.96. The summed E-state index contributed by atoms with van der Waals surface area (Å²) < 4.78 is 6.71. The van der Waals surface area contributed by atoms with Gasteiger partial charge in [0.05, 0.1) is 6.61 Å². The standard InChI is InChI=1S/C11H14IO/c1-4-13-9-5-6-11(12)10(7-9)8(2)3/h5-7H,4H2,1-3H3. The van der Waals surface area contributed by atoms with Crippen molar-refractivity contribution in [3.05, 3.63) is 33.3 Å². The first-order valence-corrected chi connectivity index (χ1v) is 5.46. The molecule has 0 aromatic heterocycles. The molecule has 0 atom stereocenters. The fraction of sp³-hybridized carbons (Fsp3) is 0.364. The number of hydrogen-bond acceptors (Lipinski definition) is 1. The summed E-state index contributed by atoms with van der Waals surface area (Å²) in [5.41, 5.74) is 1.28. The third-order valence-corrected chi connectivity index (χ3v) is 2.73. The summed E-state index contributed by atoms with van der Waals surface area (Å²) in [4.78, 5) is 0. The van der Waals surface area contributed by atoms with Gasteiger partial charge in [-0.3, -0.25) is 0 Å². The van der Waals surface area contributed by atoms with Gasteiger partial charge in [-0.25, -0.2) is 0 Å². The highest BCUT2D eigenvalue weighted by atomic mass is 127. The Kier molecular flexibility index (Phi) is 4.03. The molecule has 1 aromatic carbocycles. The van der Waals surface area contributed by atoms with Gasteiger partial charge in [-0.1, -0.05) is 13.8 Å². The molecular formula is C11H14IO. The van der Waals surface area contributed by atoms with Gasteiger partial charge in [-0.05, 0) is 53.3 Å². The van der Waals surface area contributed by atoms with Gasteiger partial charge >= 0.3 is 0 Å². The molecule has 0 heterocycles. The number of rotatable bonds is 3. The average molecular weight is 289 g/mol. The first kappa shape index (κ1) is 10.8. The monoisotopic (exact) mass is 289 g/mol. The van der Waals surface area contributed by atoms with Crippen LogP contribution in [0, 0.1) is 9.49 Å². The molecule has 13 heavy (non-hydrogen) atoms. The topological polar surface area (TPSA) is 9.23 Å². The van der Waals surface area contributed by atoms with E-state index >= 15 is 0 Å². The van der Waals surface area contributed by atoms with E-state index in [0.717, 1.165) is 12.4 Å². The highest BCUT2D eigenvalue weighted by molar-refractivity contribution is 14.1. The Balaban J connectivity index is 2.97. The van der Waals surface area contributed by atoms with Gasteiger partial charge in [0.25, 0.3) is 0 Å². The maximum absolute atomic E-state index is 5.44. The van der Waals surface area contributed by atoms with Crippen molar-refractivity contribution in [1.29, 1.82) is 0 Å². The molecular weight excluding hydrogens is 275 g/mol. The summed E-state index contributed by atoms with van der Waals surface area (Å²) in [7, 11) is 0. The molecule has 0 aliphatic heterocycles. The van der Waals surface area contributed by atoms with Crippen LogP contribution in [0.4, 0.5) is 0 Å². The second-order valence-electron chi connectivity index (χ2n) is 3.07. The lowest BCUT2D eigenvalue weighted by molar-refractivity contribution is 0.340. The Hall–Kier alpha value is -0.250. The second-order valence-corrected chi connectivity index (χ2v) is 4.24. The molecule has 0 bridgehead atoms. The van der Waals surface area contributed by atoms with Crippen molar-refractivity contribution >= 4 is 22.6 Å². The van der Waals surface area contributed by atoms with E-state index < -0.39 is 0 Å². The van der Waals surface area contributed by atoms with E-state index in [1.54, 1.807) is 0 Å². The molecule has 1 aromatic rings. The van der Waals surface area contributed by atoms with Gasteiger partial charge in [-0.15, -0.1) is 0 Å². The summed E-state index contributed by atoms with van der Waals surface area (Å²) in [5, 5.41) is 0. The summed E-state index contributed by atoms with van der Waals surface area (Å²) in [5.74, 6) is 2.28. The van der Waals surface area contributed by atoms with Crippen molar-refractivity contribution < 1.29 is 4.74 Å². The molecule has 1 nitrogen and oxygen atoms in total. The Morgan fingerprint density at radius 1 is 1.38 bits per heavy atom. The maximum atomic E-state index is 5.44. The van der Waals surface area contributed by atoms with Crippen molar-refractivity contribution in [3.8, 4) is 5.75 Å². The van der Waals surface area contributed by atoms with E-state index in [0.29, 0.717) is 0 Å². The lowest BCUT2D eigenvalue weighted by Gasteiger charge is -2.10. The first-order chi connectivity index (χ1) is 6.15. The van der Waals surface area contributed by atoms with Crippen molar-refractivity contribution in [1.82, 2.24) is 0 Å². The summed E-state index contributed by atoms with van der Waals surface area (Å²) in [6.45, 7) is 6.96. The third kappa shape index (κ3) is 2.86. The van der Waals surface area contributed by atoms with Crippen molar-refractivity contribution in [2.24, 2.45) is 0 Å². The number of halogens is 1. The fourth-order valence-corrected chi connectivity index (χ4v) is 2.02. The number of hydrogen-bond donors (Lipinski definition) is 0. The predicted molar refractivity (Wildman–Crippen MR) is 64.0 cm³/mol. The summed E-state index contributed by atoms with van der Waals surface area (Å²) in [6.07, 6.45) is 0. The predicted octanol–water partition coefficient (Wildman–Crippen LogP) is 3.65. The van der Waals surface area contributed by atoms with Gasteiger partial charge in [0.2, 0.25) is 0 Å². The van der Waals surface area contributed by atoms with Crippen molar-refractivity contribution in [3.63, 3.8) is 0 Å². The van der Waals surface area contributed by atoms with Crippen molar-refractivity contribution in [2.75, 3.05) is 6.61 Å². The molecule has 0 saturated heterocycles. The van der Waals surface area contributed by atoms with E-state index in [2.05, 4.69) is 48.6 Å². The highest BCUT2D eigenvalue weighted by Crippen LogP contribution is 2.25. The smallest absolute Gasteiger partial charge is 0.119 e. The minimum atomic E-state index is 0.725. The molecule has 0 spiro atoms. The molecule has 0 aliphatic carbocycles. The molecule has 0 aliphatic rings. The molecule has 2 heteroatoms. The molecule has 71 valence electrons. The van der Waals surface area contributed by atoms with Crippen LogP contribution in [0.3, 0.4) is 0 Å². The van der Waals surface area contributed by atoms with E-state index in [-0.39, 0.29) is 0 Å². The minimum absolute atomic E-state index is 0.725. The van der Waals surface area contributed by atoms with Crippen LogP contribution in [-0.4, -0.2) is 6.61 Å². The maximum Gasteiger partial charge on any atom is 0.119 e.